The smallest absolute Gasteiger partial charge is 0.255 e. The van der Waals surface area contributed by atoms with Gasteiger partial charge in [-0.1, -0.05) is 62.0 Å². The number of thioether (sulfide) groups is 1. The Hall–Kier alpha value is -3.26. The molecule has 0 radical (unpaired) electrons. The molecule has 1 aliphatic heterocycles. The highest BCUT2D eigenvalue weighted by Crippen LogP contribution is 2.37. The van der Waals surface area contributed by atoms with Crippen LogP contribution in [0, 0.1) is 0 Å². The number of carbonyl (C=O) groups is 1. The molecular formula is C25H29N5O2S. The molecule has 7 nitrogen and oxygen atoms in total. The van der Waals surface area contributed by atoms with Crippen LogP contribution >= 0.6 is 11.8 Å². The van der Waals surface area contributed by atoms with Gasteiger partial charge in [0.05, 0.1) is 17.9 Å². The number of para-hydroxylation sites is 2. The first-order chi connectivity index (χ1) is 16.0. The van der Waals surface area contributed by atoms with Crippen molar-refractivity contribution in [3.8, 4) is 5.75 Å². The maximum Gasteiger partial charge on any atom is 0.255 e. The molecule has 0 fully saturated rings. The molecule has 1 aliphatic rings. The quantitative estimate of drug-likeness (QED) is 0.443. The van der Waals surface area contributed by atoms with Gasteiger partial charge in [-0.2, -0.15) is 4.98 Å². The van der Waals surface area contributed by atoms with E-state index in [-0.39, 0.29) is 5.91 Å². The second-order valence-electron chi connectivity index (χ2n) is 7.64. The highest BCUT2D eigenvalue weighted by atomic mass is 32.2. The summed E-state index contributed by atoms with van der Waals surface area (Å²) in [6.07, 6.45) is 0.953. The summed E-state index contributed by atoms with van der Waals surface area (Å²) in [4.78, 5) is 18.3. The van der Waals surface area contributed by atoms with Gasteiger partial charge in [0.15, 0.2) is 0 Å². The number of fused-ring (bicyclic) bond motifs is 1. The molecule has 2 N–H and O–H groups in total. The van der Waals surface area contributed by atoms with Crippen molar-refractivity contribution in [2.45, 2.75) is 45.3 Å². The number of aryl methyl sites for hydroxylation is 1. The van der Waals surface area contributed by atoms with Gasteiger partial charge in [-0.15, -0.1) is 5.10 Å². The molecule has 1 amide bonds. The van der Waals surface area contributed by atoms with Crippen LogP contribution in [0.3, 0.4) is 0 Å². The molecule has 0 saturated heterocycles. The number of hydrogen-bond donors (Lipinski definition) is 2. The van der Waals surface area contributed by atoms with Crippen LogP contribution < -0.4 is 15.4 Å². The van der Waals surface area contributed by atoms with Crippen LogP contribution in [0.4, 0.5) is 11.6 Å². The van der Waals surface area contributed by atoms with Crippen molar-refractivity contribution in [1.82, 2.24) is 14.8 Å². The van der Waals surface area contributed by atoms with Crippen molar-refractivity contribution in [2.75, 3.05) is 23.0 Å². The Bertz CT molecular complexity index is 1170. The fraction of sp³-hybridized carbons (Fsp3) is 0.320. The minimum absolute atomic E-state index is 0.206. The molecule has 4 rings (SSSR count). The van der Waals surface area contributed by atoms with Gasteiger partial charge >= 0.3 is 0 Å². The molecule has 0 spiro atoms. The zero-order valence-electron chi connectivity index (χ0n) is 19.4. The lowest BCUT2D eigenvalue weighted by Gasteiger charge is -2.29. The Morgan fingerprint density at radius 3 is 2.61 bits per heavy atom. The average Bonchev–Trinajstić information content (AvgIpc) is 3.21. The number of amides is 1. The third-order valence-electron chi connectivity index (χ3n) is 5.49. The fourth-order valence-corrected chi connectivity index (χ4v) is 4.46. The number of allylic oxidation sites excluding steroid dienone is 1. The number of hydrogen-bond acceptors (Lipinski definition) is 6. The molecule has 1 aromatic heterocycles. The largest absolute Gasteiger partial charge is 0.492 e. The summed E-state index contributed by atoms with van der Waals surface area (Å²) >= 11 is 1.57. The number of nitrogens with one attached hydrogen (secondary N) is 2. The average molecular weight is 464 g/mol. The van der Waals surface area contributed by atoms with Crippen LogP contribution in [0.15, 0.2) is 65.0 Å². The Kier molecular flexibility index (Phi) is 7.03. The van der Waals surface area contributed by atoms with Gasteiger partial charge in [-0.3, -0.25) is 4.79 Å². The van der Waals surface area contributed by atoms with Gasteiger partial charge in [0, 0.05) is 5.70 Å². The van der Waals surface area contributed by atoms with Crippen molar-refractivity contribution < 1.29 is 9.53 Å². The summed E-state index contributed by atoms with van der Waals surface area (Å²) in [6.45, 7) is 8.54. The number of benzene rings is 2. The number of nitrogens with zero attached hydrogens (tertiary/aromatic N) is 3. The molecule has 0 aliphatic carbocycles. The molecule has 3 aromatic rings. The van der Waals surface area contributed by atoms with Crippen LogP contribution in [0.1, 0.15) is 44.9 Å². The van der Waals surface area contributed by atoms with Gasteiger partial charge in [-0.05, 0) is 49.3 Å². The van der Waals surface area contributed by atoms with E-state index >= 15 is 0 Å². The van der Waals surface area contributed by atoms with E-state index in [9.17, 15) is 4.79 Å². The Balaban J connectivity index is 1.76. The second-order valence-corrected chi connectivity index (χ2v) is 8.87. The van der Waals surface area contributed by atoms with Crippen LogP contribution in [-0.4, -0.2) is 33.0 Å². The summed E-state index contributed by atoms with van der Waals surface area (Å²) in [5.74, 6) is 1.94. The van der Waals surface area contributed by atoms with Crippen molar-refractivity contribution in [3.63, 3.8) is 0 Å². The summed E-state index contributed by atoms with van der Waals surface area (Å²) in [5.41, 5.74) is 4.20. The maximum atomic E-state index is 13.7. The van der Waals surface area contributed by atoms with Gasteiger partial charge in [0.25, 0.3) is 5.91 Å². The Morgan fingerprint density at radius 1 is 1.15 bits per heavy atom. The minimum Gasteiger partial charge on any atom is -0.492 e. The second kappa shape index (κ2) is 10.1. The Morgan fingerprint density at radius 2 is 1.91 bits per heavy atom. The number of rotatable bonds is 8. The molecule has 0 bridgehead atoms. The molecule has 1 atom stereocenters. The van der Waals surface area contributed by atoms with Gasteiger partial charge in [0.1, 0.15) is 11.8 Å². The summed E-state index contributed by atoms with van der Waals surface area (Å²) in [7, 11) is 0. The fourth-order valence-electron chi connectivity index (χ4n) is 3.90. The monoisotopic (exact) mass is 463 g/mol. The van der Waals surface area contributed by atoms with Gasteiger partial charge < -0.3 is 15.4 Å². The van der Waals surface area contributed by atoms with E-state index in [1.165, 1.54) is 5.56 Å². The standard InChI is InChI=1S/C25H29N5O2S/c1-5-17-12-14-18(15-13-17)22-21(16(4)26-24-28-25(33-7-3)29-30(22)24)23(31)27-19-10-8-9-11-20(19)32-6-2/h8-15,22H,5-7H2,1-4H3,(H,27,31)(H,26,28,29). The number of carbonyl (C=O) groups excluding carboxylic acids is 1. The molecule has 33 heavy (non-hydrogen) atoms. The molecule has 0 saturated carbocycles. The summed E-state index contributed by atoms with van der Waals surface area (Å²) < 4.78 is 7.51. The number of anilines is 2. The van der Waals surface area contributed by atoms with Crippen LogP contribution in [0.5, 0.6) is 5.75 Å². The van der Waals surface area contributed by atoms with E-state index in [1.807, 2.05) is 42.8 Å². The topological polar surface area (TPSA) is 81.1 Å². The molecule has 8 heteroatoms. The van der Waals surface area contributed by atoms with E-state index in [2.05, 4.69) is 53.7 Å². The zero-order valence-corrected chi connectivity index (χ0v) is 20.2. The van der Waals surface area contributed by atoms with Crippen LogP contribution in [-0.2, 0) is 11.2 Å². The van der Waals surface area contributed by atoms with Crippen molar-refractivity contribution in [3.05, 3.63) is 70.9 Å². The first-order valence-electron chi connectivity index (χ1n) is 11.2. The number of ether oxygens (including phenoxy) is 1. The molecule has 2 heterocycles. The first-order valence-corrected chi connectivity index (χ1v) is 12.2. The van der Waals surface area contributed by atoms with E-state index in [1.54, 1.807) is 11.8 Å². The third kappa shape index (κ3) is 4.75. The Labute approximate surface area is 198 Å². The summed E-state index contributed by atoms with van der Waals surface area (Å²) in [5, 5.41) is 11.7. The molecule has 2 aromatic carbocycles. The molecule has 172 valence electrons. The van der Waals surface area contributed by atoms with Crippen LogP contribution in [0.25, 0.3) is 0 Å². The highest BCUT2D eigenvalue weighted by Gasteiger charge is 2.34. The zero-order chi connectivity index (χ0) is 23.4. The van der Waals surface area contributed by atoms with E-state index in [0.29, 0.717) is 34.7 Å². The first kappa shape index (κ1) is 22.9. The van der Waals surface area contributed by atoms with Gasteiger partial charge in [-0.25, -0.2) is 4.68 Å². The predicted octanol–water partition coefficient (Wildman–Crippen LogP) is 5.28. The summed E-state index contributed by atoms with van der Waals surface area (Å²) in [6, 6.07) is 15.4. The van der Waals surface area contributed by atoms with E-state index in [4.69, 9.17) is 9.84 Å². The van der Waals surface area contributed by atoms with Crippen molar-refractivity contribution >= 4 is 29.3 Å². The molecule has 1 unspecified atom stereocenters. The lowest BCUT2D eigenvalue weighted by molar-refractivity contribution is -0.113. The lowest BCUT2D eigenvalue weighted by Crippen LogP contribution is -2.31. The predicted molar refractivity (Wildman–Crippen MR) is 133 cm³/mol. The van der Waals surface area contributed by atoms with E-state index in [0.717, 1.165) is 23.4 Å². The van der Waals surface area contributed by atoms with Crippen molar-refractivity contribution in [2.24, 2.45) is 0 Å². The SMILES string of the molecule is CCOc1ccccc1NC(=O)C1=C(C)Nc2nc(SCC)nn2C1c1ccc(CC)cc1. The van der Waals surface area contributed by atoms with Crippen molar-refractivity contribution in [1.29, 1.82) is 0 Å². The lowest BCUT2D eigenvalue weighted by atomic mass is 9.94. The van der Waals surface area contributed by atoms with Gasteiger partial charge in [0.2, 0.25) is 11.1 Å². The third-order valence-corrected chi connectivity index (χ3v) is 6.21. The molecular weight excluding hydrogens is 434 g/mol. The highest BCUT2D eigenvalue weighted by molar-refractivity contribution is 7.99. The number of aromatic nitrogens is 3. The minimum atomic E-state index is -0.398. The van der Waals surface area contributed by atoms with E-state index < -0.39 is 6.04 Å². The van der Waals surface area contributed by atoms with Crippen LogP contribution in [0.2, 0.25) is 0 Å². The normalized spacial score (nSPS) is 15.1. The maximum absolute atomic E-state index is 13.7.